The number of carbonyl (C=O) groups excluding carboxylic acids is 4. The van der Waals surface area contributed by atoms with E-state index >= 15 is 0 Å². The van der Waals surface area contributed by atoms with E-state index < -0.39 is 64.9 Å². The molecule has 17 nitrogen and oxygen atoms in total. The number of aromatic nitrogens is 1. The Kier molecular flexibility index (Phi) is 9.59. The summed E-state index contributed by atoms with van der Waals surface area (Å²) in [5, 5.41) is 50.5. The molecule has 0 saturated carbocycles. The highest BCUT2D eigenvalue weighted by Crippen LogP contribution is 2.46. The minimum atomic E-state index is -1.49. The molecule has 1 aromatic heterocycles. The Bertz CT molecular complexity index is 1820. The van der Waals surface area contributed by atoms with Crippen LogP contribution in [0, 0.1) is 5.41 Å². The number of thiazole rings is 1. The molecule has 0 radical (unpaired) electrons. The number of carboxylic acid groups (broad SMARTS) is 2. The van der Waals surface area contributed by atoms with Gasteiger partial charge in [-0.05, 0) is 12.1 Å². The molecule has 50 heavy (non-hydrogen) atoms. The average molecular weight is 750 g/mol. The summed E-state index contributed by atoms with van der Waals surface area (Å²) in [6, 6.07) is 1.44. The second kappa shape index (κ2) is 13.6. The highest BCUT2D eigenvalue weighted by Gasteiger charge is 2.55. The molecule has 5 aliphatic rings. The summed E-state index contributed by atoms with van der Waals surface area (Å²) in [5.41, 5.74) is 5.54. The largest absolute Gasteiger partial charge is 0.543 e. The first-order valence-electron chi connectivity index (χ1n) is 15.4. The number of carboxylic acids is 2. The number of aromatic hydroxyl groups is 2. The molecule has 266 valence electrons. The molecule has 2 atom stereocenters. The lowest BCUT2D eigenvalue weighted by molar-refractivity contribution is -0.941. The number of nitrogen functional groups attached to an aromatic ring is 1. The SMILES string of the molecule is Nc1nc(/C(=N/OCC(=O)O)C(=O)N[C@@H]2C(=O)N3C(C(=O)[O-])=C(C[N+]45CCC(CNC(=O)c6ccc(O)c(O)c6Cl)(CC4)CC5)CS[C@H]23)cs1. The van der Waals surface area contributed by atoms with Crippen LogP contribution >= 0.6 is 34.7 Å². The number of carbonyl (C=O) groups is 5. The van der Waals surface area contributed by atoms with Gasteiger partial charge in [-0.15, -0.1) is 23.1 Å². The summed E-state index contributed by atoms with van der Waals surface area (Å²) >= 11 is 8.38. The highest BCUT2D eigenvalue weighted by atomic mass is 35.5. The Balaban J connectivity index is 1.10. The van der Waals surface area contributed by atoms with Gasteiger partial charge in [0, 0.05) is 47.9 Å². The number of quaternary nitrogens is 1. The minimum Gasteiger partial charge on any atom is -0.543 e. The van der Waals surface area contributed by atoms with Gasteiger partial charge < -0.3 is 50.9 Å². The van der Waals surface area contributed by atoms with Crippen LogP contribution in [-0.2, 0) is 24.0 Å². The van der Waals surface area contributed by atoms with Crippen LogP contribution < -0.4 is 21.5 Å². The maximum Gasteiger partial charge on any atom is 0.344 e. The van der Waals surface area contributed by atoms with Crippen molar-refractivity contribution in [2.24, 2.45) is 10.6 Å². The van der Waals surface area contributed by atoms with Crippen molar-refractivity contribution in [3.05, 3.63) is 45.1 Å². The number of anilines is 1. The summed E-state index contributed by atoms with van der Waals surface area (Å²) in [7, 11) is 0. The monoisotopic (exact) mass is 749 g/mol. The number of hydrogen-bond donors (Lipinski definition) is 6. The molecule has 0 spiro atoms. The van der Waals surface area contributed by atoms with Gasteiger partial charge in [0.1, 0.15) is 23.7 Å². The molecular formula is C30H32ClN7O10S2. The molecule has 0 unspecified atom stereocenters. The average Bonchev–Trinajstić information content (AvgIpc) is 3.52. The number of rotatable bonds is 12. The normalized spacial score (nSPS) is 25.8. The van der Waals surface area contributed by atoms with Crippen LogP contribution in [0.5, 0.6) is 11.5 Å². The molecule has 7 N–H and O–H groups in total. The van der Waals surface area contributed by atoms with Gasteiger partial charge in [-0.3, -0.25) is 19.3 Å². The van der Waals surface area contributed by atoms with E-state index in [1.165, 1.54) is 29.3 Å². The molecule has 3 amide bonds. The number of aliphatic carboxylic acids is 2. The zero-order chi connectivity index (χ0) is 36.0. The maximum absolute atomic E-state index is 13.4. The quantitative estimate of drug-likeness (QED) is 0.0523. The van der Waals surface area contributed by atoms with Crippen molar-refractivity contribution in [3.8, 4) is 11.5 Å². The first kappa shape index (κ1) is 35.2. The van der Waals surface area contributed by atoms with E-state index in [0.29, 0.717) is 23.1 Å². The van der Waals surface area contributed by atoms with E-state index in [1.54, 1.807) is 0 Å². The number of amides is 3. The van der Waals surface area contributed by atoms with E-state index in [2.05, 4.69) is 20.8 Å². The third-order valence-electron chi connectivity index (χ3n) is 9.69. The lowest BCUT2D eigenvalue weighted by atomic mass is 9.70. The van der Waals surface area contributed by atoms with Gasteiger partial charge in [-0.25, -0.2) is 9.78 Å². The molecule has 2 bridgehead atoms. The number of oxime groups is 1. The maximum atomic E-state index is 13.4. The van der Waals surface area contributed by atoms with Crippen LogP contribution in [0.3, 0.4) is 0 Å². The number of thioether (sulfide) groups is 1. The van der Waals surface area contributed by atoms with Crippen molar-refractivity contribution in [2.45, 2.75) is 30.7 Å². The van der Waals surface area contributed by atoms with Crippen LogP contribution in [0.15, 0.2) is 33.9 Å². The van der Waals surface area contributed by atoms with Gasteiger partial charge in [0.15, 0.2) is 22.3 Å². The van der Waals surface area contributed by atoms with Gasteiger partial charge in [0.05, 0.1) is 41.9 Å². The number of phenolic OH excluding ortho intramolecular Hbond substituents is 2. The number of nitrogens with two attached hydrogens (primary N) is 1. The Morgan fingerprint density at radius 2 is 1.90 bits per heavy atom. The number of β-lactam (4-membered cyclic amide) rings is 1. The third kappa shape index (κ3) is 6.64. The fourth-order valence-electron chi connectivity index (χ4n) is 6.89. The van der Waals surface area contributed by atoms with Crippen LogP contribution in [0.25, 0.3) is 0 Å². The summed E-state index contributed by atoms with van der Waals surface area (Å²) in [4.78, 5) is 72.6. The van der Waals surface area contributed by atoms with Crippen molar-refractivity contribution < 1.29 is 53.7 Å². The lowest BCUT2D eigenvalue weighted by Gasteiger charge is -2.56. The van der Waals surface area contributed by atoms with Crippen LogP contribution in [0.2, 0.25) is 5.02 Å². The third-order valence-corrected chi connectivity index (χ3v) is 12.1. The Hall–Kier alpha value is -4.59. The smallest absolute Gasteiger partial charge is 0.344 e. The summed E-state index contributed by atoms with van der Waals surface area (Å²) in [6.07, 6.45) is 2.31. The Morgan fingerprint density at radius 3 is 2.52 bits per heavy atom. The summed E-state index contributed by atoms with van der Waals surface area (Å²) in [5.74, 6) is -5.51. The molecule has 7 rings (SSSR count). The predicted molar refractivity (Wildman–Crippen MR) is 177 cm³/mol. The number of benzene rings is 1. The lowest BCUT2D eigenvalue weighted by Crippen LogP contribution is -2.72. The second-order valence-corrected chi connectivity index (χ2v) is 15.0. The second-order valence-electron chi connectivity index (χ2n) is 12.7. The minimum absolute atomic E-state index is 0.0123. The molecule has 4 fully saturated rings. The predicted octanol–water partition coefficient (Wildman–Crippen LogP) is -0.570. The number of piperidine rings is 3. The number of nitrogens with zero attached hydrogens (tertiary/aromatic N) is 4. The number of halogens is 1. The molecule has 4 saturated heterocycles. The number of nitrogens with one attached hydrogen (secondary N) is 2. The molecule has 6 heterocycles. The molecule has 0 aliphatic carbocycles. The van der Waals surface area contributed by atoms with Gasteiger partial charge in [-0.2, -0.15) is 0 Å². The molecule has 1 aromatic carbocycles. The van der Waals surface area contributed by atoms with Crippen molar-refractivity contribution in [3.63, 3.8) is 0 Å². The fourth-order valence-corrected chi connectivity index (χ4v) is 9.02. The number of phenols is 2. The van der Waals surface area contributed by atoms with E-state index in [4.69, 9.17) is 27.3 Å². The van der Waals surface area contributed by atoms with Crippen molar-refractivity contribution >= 4 is 75.2 Å². The number of hydrogen-bond acceptors (Lipinski definition) is 14. The topological polar surface area (TPSA) is 257 Å². The van der Waals surface area contributed by atoms with Crippen molar-refractivity contribution in [1.82, 2.24) is 20.5 Å². The van der Waals surface area contributed by atoms with Gasteiger partial charge in [0.2, 0.25) is 6.61 Å². The zero-order valence-electron chi connectivity index (χ0n) is 26.2. The molecule has 5 aliphatic heterocycles. The van der Waals surface area contributed by atoms with Crippen LogP contribution in [0.1, 0.15) is 35.3 Å². The van der Waals surface area contributed by atoms with Gasteiger partial charge >= 0.3 is 5.97 Å². The molecule has 2 aromatic rings. The Morgan fingerprint density at radius 1 is 1.20 bits per heavy atom. The van der Waals surface area contributed by atoms with Crippen molar-refractivity contribution in [1.29, 1.82) is 0 Å². The number of fused-ring (bicyclic) bond motifs is 4. The van der Waals surface area contributed by atoms with E-state index in [0.717, 1.165) is 55.1 Å². The highest BCUT2D eigenvalue weighted by molar-refractivity contribution is 8.00. The Labute approximate surface area is 297 Å². The van der Waals surface area contributed by atoms with E-state index in [9.17, 15) is 39.3 Å². The fraction of sp³-hybridized carbons (Fsp3) is 0.433. The van der Waals surface area contributed by atoms with E-state index in [1.807, 2.05) is 0 Å². The van der Waals surface area contributed by atoms with E-state index in [-0.39, 0.29) is 38.3 Å². The van der Waals surface area contributed by atoms with Crippen LogP contribution in [-0.4, -0.2) is 122 Å². The zero-order valence-corrected chi connectivity index (χ0v) is 28.6. The summed E-state index contributed by atoms with van der Waals surface area (Å²) < 4.78 is 0.625. The van der Waals surface area contributed by atoms with Crippen LogP contribution in [0.4, 0.5) is 5.13 Å². The van der Waals surface area contributed by atoms with Crippen molar-refractivity contribution in [2.75, 3.05) is 50.8 Å². The summed E-state index contributed by atoms with van der Waals surface area (Å²) in [6.45, 7) is 2.15. The first-order valence-corrected chi connectivity index (χ1v) is 17.7. The standard InChI is InChI=1S/C30H32ClN7O10S2/c31-19-15(1-2-17(39)23(19)42)24(43)33-13-30-3-6-38(7-4-30,8-5-30)9-14-11-49-27-21(26(45)37(27)22(14)28(46)47)35-25(44)20(36-48-10-18(40)41)16-12-50-29(32)34-16/h1-2,12,21,27H,3-11,13H2,(H7-,32,33,34,35,36,39,40,41,42,43,44,46,47)/t21-,27-,30?,38?/m1/s1. The van der Waals surface area contributed by atoms with Gasteiger partial charge in [-0.1, -0.05) is 16.8 Å². The molecular weight excluding hydrogens is 718 g/mol. The first-order chi connectivity index (χ1) is 23.7. The van der Waals surface area contributed by atoms with Gasteiger partial charge in [0.25, 0.3) is 17.7 Å². The molecule has 20 heteroatoms.